The van der Waals surface area contributed by atoms with Gasteiger partial charge in [0.15, 0.2) is 0 Å². The molecule has 0 amide bonds. The predicted molar refractivity (Wildman–Crippen MR) is 202 cm³/mol. The van der Waals surface area contributed by atoms with E-state index in [2.05, 4.69) is 56.9 Å². The maximum Gasteiger partial charge on any atom is 0.0916 e. The van der Waals surface area contributed by atoms with Crippen LogP contribution in [0.2, 0.25) is 0 Å². The third-order valence-electron chi connectivity index (χ3n) is 10.3. The number of rotatable bonds is 34. The van der Waals surface area contributed by atoms with E-state index in [4.69, 9.17) is 0 Å². The maximum atomic E-state index is 11.1. The van der Waals surface area contributed by atoms with Gasteiger partial charge in [0.2, 0.25) is 0 Å². The van der Waals surface area contributed by atoms with Gasteiger partial charge in [-0.1, -0.05) is 219 Å². The van der Waals surface area contributed by atoms with E-state index in [0.717, 1.165) is 31.1 Å². The lowest BCUT2D eigenvalue weighted by Crippen LogP contribution is -2.36. The van der Waals surface area contributed by atoms with Crippen LogP contribution in [-0.4, -0.2) is 29.6 Å². The van der Waals surface area contributed by atoms with Gasteiger partial charge in [-0.25, -0.2) is 0 Å². The highest BCUT2D eigenvalue weighted by atomic mass is 16.3. The van der Waals surface area contributed by atoms with Crippen LogP contribution in [0.15, 0.2) is 30.3 Å². The van der Waals surface area contributed by atoms with Crippen molar-refractivity contribution in [3.05, 3.63) is 35.9 Å². The molecule has 1 N–H and O–H groups in total. The summed E-state index contributed by atoms with van der Waals surface area (Å²) in [5.74, 6) is 1.44. The number of aliphatic hydroxyl groups is 1. The highest BCUT2D eigenvalue weighted by Gasteiger charge is 2.19. The van der Waals surface area contributed by atoms with E-state index in [9.17, 15) is 5.11 Å². The van der Waals surface area contributed by atoms with Crippen molar-refractivity contribution in [3.63, 3.8) is 0 Å². The zero-order valence-electron chi connectivity index (χ0n) is 31.2. The predicted octanol–water partition coefficient (Wildman–Crippen LogP) is 13.9. The molecule has 0 saturated heterocycles. The zero-order valence-corrected chi connectivity index (χ0v) is 31.2. The van der Waals surface area contributed by atoms with Gasteiger partial charge in [-0.05, 0) is 30.2 Å². The van der Waals surface area contributed by atoms with Gasteiger partial charge >= 0.3 is 0 Å². The normalized spacial score (nSPS) is 13.8. The molecule has 1 rings (SSSR count). The van der Waals surface area contributed by atoms with Gasteiger partial charge in [0, 0.05) is 19.6 Å². The van der Waals surface area contributed by atoms with Gasteiger partial charge < -0.3 is 5.11 Å². The number of aliphatic hydroxyl groups excluding tert-OH is 1. The quantitative estimate of drug-likeness (QED) is 0.0768. The van der Waals surface area contributed by atoms with E-state index < -0.39 is 6.10 Å². The van der Waals surface area contributed by atoms with Crippen LogP contribution in [0.5, 0.6) is 0 Å². The van der Waals surface area contributed by atoms with Crippen molar-refractivity contribution in [2.24, 2.45) is 11.8 Å². The lowest BCUT2D eigenvalue weighted by atomic mass is 9.95. The monoisotopic (exact) mass is 628 g/mol. The van der Waals surface area contributed by atoms with E-state index in [1.807, 2.05) is 6.07 Å². The van der Waals surface area contributed by atoms with Gasteiger partial charge in [-0.2, -0.15) is 0 Å². The average Bonchev–Trinajstić information content (AvgIpc) is 3.05. The first-order chi connectivity index (χ1) is 22.1. The third kappa shape index (κ3) is 25.9. The minimum atomic E-state index is -0.394. The van der Waals surface area contributed by atoms with Gasteiger partial charge in [0.25, 0.3) is 0 Å². The fourth-order valence-corrected chi connectivity index (χ4v) is 7.18. The van der Waals surface area contributed by atoms with Gasteiger partial charge in [0.1, 0.15) is 0 Å². The summed E-state index contributed by atoms with van der Waals surface area (Å²) in [6, 6.07) is 10.3. The van der Waals surface area contributed by atoms with Crippen molar-refractivity contribution in [3.8, 4) is 0 Å². The minimum Gasteiger partial charge on any atom is -0.387 e. The van der Waals surface area contributed by atoms with Crippen LogP contribution in [0.1, 0.15) is 213 Å². The van der Waals surface area contributed by atoms with Crippen molar-refractivity contribution in [1.29, 1.82) is 0 Å². The average molecular weight is 628 g/mol. The van der Waals surface area contributed by atoms with E-state index in [1.54, 1.807) is 0 Å². The topological polar surface area (TPSA) is 23.5 Å². The van der Waals surface area contributed by atoms with Crippen LogP contribution in [0, 0.1) is 11.8 Å². The molecule has 3 unspecified atom stereocenters. The molecule has 0 aliphatic carbocycles. The van der Waals surface area contributed by atoms with Gasteiger partial charge in [-0.15, -0.1) is 0 Å². The Morgan fingerprint density at radius 2 is 0.889 bits per heavy atom. The number of benzene rings is 1. The van der Waals surface area contributed by atoms with Crippen molar-refractivity contribution < 1.29 is 5.11 Å². The molecular weight excluding hydrogens is 546 g/mol. The molecule has 0 bridgehead atoms. The summed E-state index contributed by atoms with van der Waals surface area (Å²) in [5.41, 5.74) is 1.06. The Hall–Kier alpha value is -0.860. The molecule has 1 aromatic rings. The molecule has 3 atom stereocenters. The van der Waals surface area contributed by atoms with Gasteiger partial charge in [-0.3, -0.25) is 4.90 Å². The SMILES string of the molecule is CCCCCCCCCCCCCCC(C)CN(CC(CC)CCCCCCCCCCCCCC)CC(O)c1ccccc1. The van der Waals surface area contributed by atoms with E-state index in [-0.39, 0.29) is 0 Å². The first kappa shape index (κ1) is 42.2. The maximum absolute atomic E-state index is 11.1. The van der Waals surface area contributed by atoms with Crippen molar-refractivity contribution >= 4 is 0 Å². The Bertz CT molecular complexity index is 705. The lowest BCUT2D eigenvalue weighted by Gasteiger charge is -2.31. The molecule has 1 aromatic carbocycles. The number of nitrogens with zero attached hydrogens (tertiary/aromatic N) is 1. The Kier molecular flexibility index (Phi) is 29.7. The Labute approximate surface area is 283 Å². The molecule has 2 nitrogen and oxygen atoms in total. The first-order valence-electron chi connectivity index (χ1n) is 20.6. The second-order valence-corrected chi connectivity index (χ2v) is 14.9. The summed E-state index contributed by atoms with van der Waals surface area (Å²) in [6.07, 6.45) is 37.6. The summed E-state index contributed by atoms with van der Waals surface area (Å²) < 4.78 is 0. The van der Waals surface area contributed by atoms with Gasteiger partial charge in [0.05, 0.1) is 6.10 Å². The smallest absolute Gasteiger partial charge is 0.0916 e. The van der Waals surface area contributed by atoms with Crippen LogP contribution < -0.4 is 0 Å². The van der Waals surface area contributed by atoms with Crippen LogP contribution in [-0.2, 0) is 0 Å². The summed E-state index contributed by atoms with van der Waals surface area (Å²) in [4.78, 5) is 2.62. The zero-order chi connectivity index (χ0) is 32.6. The molecule has 45 heavy (non-hydrogen) atoms. The van der Waals surface area contributed by atoms with Crippen molar-refractivity contribution in [2.75, 3.05) is 19.6 Å². The molecule has 0 radical (unpaired) electrons. The molecule has 2 heteroatoms. The molecule has 0 spiro atoms. The Morgan fingerprint density at radius 3 is 1.31 bits per heavy atom. The second-order valence-electron chi connectivity index (χ2n) is 14.9. The number of hydrogen-bond acceptors (Lipinski definition) is 2. The summed E-state index contributed by atoms with van der Waals surface area (Å²) in [6.45, 7) is 12.5. The lowest BCUT2D eigenvalue weighted by molar-refractivity contribution is 0.0903. The molecule has 0 fully saturated rings. The van der Waals surface area contributed by atoms with Crippen LogP contribution in [0.4, 0.5) is 0 Å². The third-order valence-corrected chi connectivity index (χ3v) is 10.3. The second kappa shape index (κ2) is 31.7. The largest absolute Gasteiger partial charge is 0.387 e. The molecule has 0 saturated carbocycles. The number of unbranched alkanes of at least 4 members (excludes halogenated alkanes) is 22. The van der Waals surface area contributed by atoms with Crippen LogP contribution in [0.25, 0.3) is 0 Å². The fraction of sp³-hybridized carbons (Fsp3) is 0.860. The first-order valence-corrected chi connectivity index (χ1v) is 20.6. The standard InChI is InChI=1S/C43H81NO/c1-5-8-10-12-14-16-18-20-22-24-26-29-33-40(4)37-44(39-43(45)42-35-31-28-32-36-42)38-41(7-3)34-30-27-25-23-21-19-17-15-13-11-9-6-2/h28,31-32,35-36,40-41,43,45H,5-27,29-30,33-34,37-39H2,1-4H3. The van der Waals surface area contributed by atoms with Crippen molar-refractivity contribution in [1.82, 2.24) is 4.90 Å². The van der Waals surface area contributed by atoms with Crippen LogP contribution >= 0.6 is 0 Å². The Balaban J connectivity index is 2.32. The molecule has 0 aromatic heterocycles. The summed E-state index contributed by atoms with van der Waals surface area (Å²) in [5, 5.41) is 11.1. The molecule has 0 aliphatic rings. The summed E-state index contributed by atoms with van der Waals surface area (Å²) >= 11 is 0. The highest BCUT2D eigenvalue weighted by Crippen LogP contribution is 2.22. The Morgan fingerprint density at radius 1 is 0.489 bits per heavy atom. The minimum absolute atomic E-state index is 0.394. The molecule has 264 valence electrons. The van der Waals surface area contributed by atoms with E-state index >= 15 is 0 Å². The van der Waals surface area contributed by atoms with E-state index in [1.165, 1.54) is 173 Å². The fourth-order valence-electron chi connectivity index (χ4n) is 7.18. The van der Waals surface area contributed by atoms with E-state index in [0.29, 0.717) is 5.92 Å². The molecule has 0 aliphatic heterocycles. The summed E-state index contributed by atoms with van der Waals surface area (Å²) in [7, 11) is 0. The van der Waals surface area contributed by atoms with Crippen LogP contribution in [0.3, 0.4) is 0 Å². The number of hydrogen-bond donors (Lipinski definition) is 1. The molecular formula is C43H81NO. The molecule has 0 heterocycles. The highest BCUT2D eigenvalue weighted by molar-refractivity contribution is 5.17. The van der Waals surface area contributed by atoms with Crippen molar-refractivity contribution in [2.45, 2.75) is 207 Å².